The van der Waals surface area contributed by atoms with Gasteiger partial charge < -0.3 is 25.0 Å². The highest BCUT2D eigenvalue weighted by Gasteiger charge is 2.48. The maximum absolute atomic E-state index is 12.5. The van der Waals surface area contributed by atoms with Crippen molar-refractivity contribution >= 4 is 29.0 Å². The number of fused-ring (bicyclic) bond motifs is 1. The third kappa shape index (κ3) is 3.88. The van der Waals surface area contributed by atoms with E-state index in [4.69, 9.17) is 20.1 Å². The Labute approximate surface area is 179 Å². The molecule has 1 aliphatic rings. The molecule has 3 aromatic rings. The summed E-state index contributed by atoms with van der Waals surface area (Å²) < 4.78 is 12.0. The van der Waals surface area contributed by atoms with Gasteiger partial charge in [-0.15, -0.1) is 0 Å². The van der Waals surface area contributed by atoms with Crippen LogP contribution in [0.1, 0.15) is 16.6 Å². The molecule has 32 heavy (non-hydrogen) atoms. The van der Waals surface area contributed by atoms with E-state index in [1.165, 1.54) is 17.2 Å². The maximum atomic E-state index is 12.5. The second kappa shape index (κ2) is 8.85. The van der Waals surface area contributed by atoms with Crippen LogP contribution in [0.5, 0.6) is 0 Å². The van der Waals surface area contributed by atoms with Crippen LogP contribution >= 0.6 is 0 Å². The number of amides is 1. The molecule has 1 saturated heterocycles. The van der Waals surface area contributed by atoms with Gasteiger partial charge in [-0.3, -0.25) is 9.36 Å². The molecule has 3 heterocycles. The molecule has 0 aliphatic carbocycles. The minimum Gasteiger partial charge on any atom is -0.450 e. The van der Waals surface area contributed by atoms with Gasteiger partial charge in [-0.25, -0.2) is 19.7 Å². The number of hydrogen-bond donors (Lipinski definition) is 3. The van der Waals surface area contributed by atoms with Gasteiger partial charge in [-0.2, -0.15) is 0 Å². The van der Waals surface area contributed by atoms with E-state index in [-0.39, 0.29) is 17.0 Å². The molecule has 4 rings (SSSR count). The summed E-state index contributed by atoms with van der Waals surface area (Å²) in [6, 6.07) is 7.37. The lowest BCUT2D eigenvalue weighted by atomic mass is 10.1. The van der Waals surface area contributed by atoms with E-state index >= 15 is 0 Å². The predicted octanol–water partition coefficient (Wildman–Crippen LogP) is 1.71. The monoisotopic (exact) mass is 440 g/mol. The molecule has 1 aromatic carbocycles. The Morgan fingerprint density at radius 3 is 2.75 bits per heavy atom. The van der Waals surface area contributed by atoms with E-state index in [1.54, 1.807) is 30.3 Å². The topological polar surface area (TPSA) is 197 Å². The van der Waals surface area contributed by atoms with Crippen molar-refractivity contribution in [1.82, 2.24) is 19.5 Å². The second-order valence-electron chi connectivity index (χ2n) is 6.66. The molecule has 14 heteroatoms. The van der Waals surface area contributed by atoms with Crippen molar-refractivity contribution in [1.29, 1.82) is 0 Å². The maximum Gasteiger partial charge on any atom is 0.506 e. The van der Waals surface area contributed by atoms with Crippen LogP contribution in [0.25, 0.3) is 21.6 Å². The number of carboxylic acid groups (broad SMARTS) is 1. The van der Waals surface area contributed by atoms with E-state index < -0.39 is 43.1 Å². The fourth-order valence-corrected chi connectivity index (χ4v) is 3.44. The van der Waals surface area contributed by atoms with Crippen LogP contribution in [0, 0.1) is 0 Å². The molecule has 0 unspecified atom stereocenters. The molecule has 14 nitrogen and oxygen atoms in total. The molecule has 1 amide bonds. The number of azide groups is 1. The van der Waals surface area contributed by atoms with Crippen molar-refractivity contribution in [2.24, 2.45) is 5.11 Å². The number of nitrogens with zero attached hydrogens (tertiary/aromatic N) is 7. The number of imidazole rings is 1. The molecular weight excluding hydrogens is 424 g/mol. The van der Waals surface area contributed by atoms with E-state index in [1.807, 2.05) is 0 Å². The SMILES string of the molecule is [N-]=[N+]=N[C@H]1[C@@H](OC(=O)O)[C@H](n2cnc3c(NC(=O)c4ccccc4)ncnc32)O[C@@H]1CO. The van der Waals surface area contributed by atoms with Crippen LogP contribution < -0.4 is 5.32 Å². The summed E-state index contributed by atoms with van der Waals surface area (Å²) in [6.45, 7) is -0.542. The van der Waals surface area contributed by atoms with Gasteiger partial charge in [-0.05, 0) is 17.7 Å². The molecule has 164 valence electrons. The molecule has 0 spiro atoms. The molecular formula is C18H16N8O6. The Balaban J connectivity index is 1.70. The zero-order chi connectivity index (χ0) is 22.7. The minimum atomic E-state index is -1.62. The number of benzene rings is 1. The quantitative estimate of drug-likeness (QED) is 0.221. The smallest absolute Gasteiger partial charge is 0.450 e. The number of rotatable bonds is 6. The summed E-state index contributed by atoms with van der Waals surface area (Å²) in [5.41, 5.74) is 9.66. The number of aliphatic hydroxyl groups excluding tert-OH is 1. The van der Waals surface area contributed by atoms with Gasteiger partial charge in [0.2, 0.25) is 0 Å². The molecule has 0 bridgehead atoms. The van der Waals surface area contributed by atoms with E-state index in [2.05, 4.69) is 30.3 Å². The van der Waals surface area contributed by atoms with Crippen LogP contribution in [0.4, 0.5) is 10.6 Å². The molecule has 0 saturated carbocycles. The standard InChI is InChI=1S/C18H16N8O6/c19-25-24-11-10(6-27)31-17(13(11)32-18(29)30)26-8-22-12-14(20-7-21-15(12)26)23-16(28)9-4-2-1-3-5-9/h1-5,7-8,10-11,13,17,27H,6H2,(H,29,30)(H,20,21,23,28)/t10-,11-,13-,17-/m1/s1. The van der Waals surface area contributed by atoms with Gasteiger partial charge in [0.25, 0.3) is 5.91 Å². The Bertz CT molecular complexity index is 1190. The van der Waals surface area contributed by atoms with Crippen molar-refractivity contribution < 1.29 is 29.3 Å². The van der Waals surface area contributed by atoms with Crippen LogP contribution in [-0.4, -0.2) is 66.7 Å². The molecule has 0 radical (unpaired) electrons. The zero-order valence-electron chi connectivity index (χ0n) is 16.2. The van der Waals surface area contributed by atoms with Crippen molar-refractivity contribution in [3.8, 4) is 0 Å². The average Bonchev–Trinajstić information content (AvgIpc) is 3.36. The number of nitrogens with one attached hydrogen (secondary N) is 1. The van der Waals surface area contributed by atoms with Crippen LogP contribution in [0.3, 0.4) is 0 Å². The first-order valence-electron chi connectivity index (χ1n) is 9.27. The van der Waals surface area contributed by atoms with Gasteiger partial charge >= 0.3 is 6.16 Å². The number of aliphatic hydroxyl groups is 1. The van der Waals surface area contributed by atoms with E-state index in [0.717, 1.165) is 0 Å². The first kappa shape index (κ1) is 21.0. The van der Waals surface area contributed by atoms with Crippen molar-refractivity contribution in [2.45, 2.75) is 24.5 Å². The average molecular weight is 440 g/mol. The van der Waals surface area contributed by atoms with Crippen molar-refractivity contribution in [3.05, 3.63) is 59.0 Å². The van der Waals surface area contributed by atoms with Crippen LogP contribution in [-0.2, 0) is 9.47 Å². The summed E-state index contributed by atoms with van der Waals surface area (Å²) in [5, 5.41) is 24.9. The van der Waals surface area contributed by atoms with Crippen molar-refractivity contribution in [2.75, 3.05) is 11.9 Å². The fraction of sp³-hybridized carbons (Fsp3) is 0.278. The predicted molar refractivity (Wildman–Crippen MR) is 107 cm³/mol. The summed E-state index contributed by atoms with van der Waals surface area (Å²) in [4.78, 5) is 38.8. The molecule has 4 atom stereocenters. The van der Waals surface area contributed by atoms with Gasteiger partial charge in [0.15, 0.2) is 29.3 Å². The Kier molecular flexibility index (Phi) is 5.81. The Morgan fingerprint density at radius 1 is 1.28 bits per heavy atom. The van der Waals surface area contributed by atoms with Crippen LogP contribution in [0.15, 0.2) is 48.1 Å². The zero-order valence-corrected chi connectivity index (χ0v) is 16.2. The summed E-state index contributed by atoms with van der Waals surface area (Å²) in [5.74, 6) is -0.283. The normalized spacial score (nSPS) is 22.3. The first-order valence-corrected chi connectivity index (χ1v) is 9.27. The number of carbonyl (C=O) groups is 2. The summed E-state index contributed by atoms with van der Waals surface area (Å²) >= 11 is 0. The number of carbonyl (C=O) groups excluding carboxylic acids is 1. The third-order valence-corrected chi connectivity index (χ3v) is 4.82. The number of hydrogen-bond acceptors (Lipinski definition) is 9. The van der Waals surface area contributed by atoms with E-state index in [9.17, 15) is 14.7 Å². The van der Waals surface area contributed by atoms with Gasteiger partial charge in [-0.1, -0.05) is 23.3 Å². The van der Waals surface area contributed by atoms with Crippen LogP contribution in [0.2, 0.25) is 0 Å². The highest BCUT2D eigenvalue weighted by atomic mass is 16.7. The first-order chi connectivity index (χ1) is 15.5. The molecule has 1 aliphatic heterocycles. The Hall–Kier alpha value is -4.26. The third-order valence-electron chi connectivity index (χ3n) is 4.82. The lowest BCUT2D eigenvalue weighted by molar-refractivity contribution is -0.0582. The number of aromatic nitrogens is 4. The summed E-state index contributed by atoms with van der Waals surface area (Å²) in [6.07, 6.45) is -2.57. The van der Waals surface area contributed by atoms with Crippen molar-refractivity contribution in [3.63, 3.8) is 0 Å². The van der Waals surface area contributed by atoms with Gasteiger partial charge in [0.1, 0.15) is 12.4 Å². The summed E-state index contributed by atoms with van der Waals surface area (Å²) in [7, 11) is 0. The lowest BCUT2D eigenvalue weighted by Crippen LogP contribution is -2.35. The molecule has 2 aromatic heterocycles. The molecule has 3 N–H and O–H groups in total. The highest BCUT2D eigenvalue weighted by Crippen LogP contribution is 2.36. The van der Waals surface area contributed by atoms with E-state index in [0.29, 0.717) is 5.56 Å². The minimum absolute atomic E-state index is 0.126. The second-order valence-corrected chi connectivity index (χ2v) is 6.66. The fourth-order valence-electron chi connectivity index (χ4n) is 3.44. The number of ether oxygens (including phenoxy) is 2. The lowest BCUT2D eigenvalue weighted by Gasteiger charge is -2.20. The Morgan fingerprint density at radius 2 is 2.06 bits per heavy atom. The van der Waals surface area contributed by atoms with Gasteiger partial charge in [0.05, 0.1) is 19.0 Å². The van der Waals surface area contributed by atoms with Gasteiger partial charge in [0, 0.05) is 10.5 Å². The molecule has 1 fully saturated rings. The highest BCUT2D eigenvalue weighted by molar-refractivity contribution is 6.06. The number of anilines is 1. The largest absolute Gasteiger partial charge is 0.506 e.